The number of aromatic nitrogens is 2. The largest absolute Gasteiger partial charge is 0.495 e. The second kappa shape index (κ2) is 8.94. The summed E-state index contributed by atoms with van der Waals surface area (Å²) in [7, 11) is 1.57. The highest BCUT2D eigenvalue weighted by Gasteiger charge is 2.34. The molecule has 0 atom stereocenters. The predicted molar refractivity (Wildman–Crippen MR) is 129 cm³/mol. The molecule has 0 unspecified atom stereocenters. The number of hydrogen-bond donors (Lipinski definition) is 0. The number of imide groups is 1. The molecule has 1 aromatic heterocycles. The van der Waals surface area contributed by atoms with Crippen LogP contribution in [0.5, 0.6) is 5.75 Å². The molecule has 0 fully saturated rings. The summed E-state index contributed by atoms with van der Waals surface area (Å²) in [6, 6.07) is 21.5. The first-order chi connectivity index (χ1) is 16.6. The highest BCUT2D eigenvalue weighted by molar-refractivity contribution is 6.21. The molecule has 1 aliphatic rings. The average Bonchev–Trinajstić information content (AvgIpc) is 3.11. The Balaban J connectivity index is 1.40. The minimum absolute atomic E-state index is 0.162. The van der Waals surface area contributed by atoms with Crippen LogP contribution in [0.25, 0.3) is 16.6 Å². The van der Waals surface area contributed by atoms with Gasteiger partial charge in [-0.15, -0.1) is 0 Å². The van der Waals surface area contributed by atoms with Gasteiger partial charge in [0.15, 0.2) is 0 Å². The average molecular weight is 453 g/mol. The van der Waals surface area contributed by atoms with Crippen LogP contribution in [-0.2, 0) is 6.42 Å². The van der Waals surface area contributed by atoms with E-state index in [2.05, 4.69) is 0 Å². The van der Waals surface area contributed by atoms with E-state index in [0.717, 1.165) is 0 Å². The number of fused-ring (bicyclic) bond motifs is 2. The van der Waals surface area contributed by atoms with Gasteiger partial charge in [0, 0.05) is 13.0 Å². The zero-order chi connectivity index (χ0) is 23.7. The van der Waals surface area contributed by atoms with Gasteiger partial charge in [0.25, 0.3) is 17.4 Å². The lowest BCUT2D eigenvalue weighted by molar-refractivity contribution is 0.0651. The van der Waals surface area contributed by atoms with E-state index in [-0.39, 0.29) is 17.4 Å². The minimum atomic E-state index is -0.254. The fraction of sp³-hybridized carbons (Fsp3) is 0.185. The number of aryl methyl sites for hydroxylation is 1. The van der Waals surface area contributed by atoms with Crippen molar-refractivity contribution >= 4 is 22.7 Å². The number of ether oxygens (including phenoxy) is 1. The third-order valence-electron chi connectivity index (χ3n) is 6.08. The lowest BCUT2D eigenvalue weighted by atomic mass is 10.1. The zero-order valence-corrected chi connectivity index (χ0v) is 18.7. The van der Waals surface area contributed by atoms with Crippen LogP contribution in [0, 0.1) is 0 Å². The molecule has 7 nitrogen and oxygen atoms in total. The van der Waals surface area contributed by atoms with Gasteiger partial charge in [-0.2, -0.15) is 0 Å². The maximum Gasteiger partial charge on any atom is 0.266 e. The van der Waals surface area contributed by atoms with Crippen molar-refractivity contribution in [2.24, 2.45) is 0 Å². The molecule has 0 radical (unpaired) electrons. The van der Waals surface area contributed by atoms with Crippen molar-refractivity contribution in [2.75, 3.05) is 13.7 Å². The van der Waals surface area contributed by atoms with E-state index < -0.39 is 0 Å². The Morgan fingerprint density at radius 2 is 1.44 bits per heavy atom. The third kappa shape index (κ3) is 3.65. The molecule has 34 heavy (non-hydrogen) atoms. The van der Waals surface area contributed by atoms with Crippen LogP contribution in [0.15, 0.2) is 77.6 Å². The van der Waals surface area contributed by atoms with E-state index in [1.165, 1.54) is 4.90 Å². The van der Waals surface area contributed by atoms with Gasteiger partial charge in [-0.05, 0) is 49.2 Å². The van der Waals surface area contributed by atoms with E-state index >= 15 is 0 Å². The van der Waals surface area contributed by atoms with Gasteiger partial charge < -0.3 is 4.74 Å². The summed E-state index contributed by atoms with van der Waals surface area (Å²) < 4.78 is 7.10. The first kappa shape index (κ1) is 21.6. The Morgan fingerprint density at radius 3 is 2.18 bits per heavy atom. The van der Waals surface area contributed by atoms with Crippen LogP contribution in [-0.4, -0.2) is 39.9 Å². The molecule has 0 N–H and O–H groups in total. The molecule has 7 heteroatoms. The molecule has 0 bridgehead atoms. The van der Waals surface area contributed by atoms with Crippen molar-refractivity contribution in [2.45, 2.75) is 19.3 Å². The smallest absolute Gasteiger partial charge is 0.266 e. The van der Waals surface area contributed by atoms with Crippen molar-refractivity contribution in [3.8, 4) is 11.4 Å². The molecule has 0 saturated heterocycles. The first-order valence-electron chi connectivity index (χ1n) is 11.2. The molecular formula is C27H23N3O4. The fourth-order valence-electron chi connectivity index (χ4n) is 4.40. The lowest BCUT2D eigenvalue weighted by Gasteiger charge is -2.17. The summed E-state index contributed by atoms with van der Waals surface area (Å²) >= 11 is 0. The minimum Gasteiger partial charge on any atom is -0.495 e. The third-order valence-corrected chi connectivity index (χ3v) is 6.08. The van der Waals surface area contributed by atoms with Crippen molar-refractivity contribution in [1.29, 1.82) is 0 Å². The highest BCUT2D eigenvalue weighted by Crippen LogP contribution is 2.25. The molecule has 3 aromatic carbocycles. The van der Waals surface area contributed by atoms with Crippen LogP contribution in [0.4, 0.5) is 0 Å². The monoisotopic (exact) mass is 453 g/mol. The van der Waals surface area contributed by atoms with E-state index in [1.807, 2.05) is 42.5 Å². The van der Waals surface area contributed by atoms with Crippen LogP contribution in [0.3, 0.4) is 0 Å². The van der Waals surface area contributed by atoms with Gasteiger partial charge in [-0.25, -0.2) is 4.98 Å². The maximum atomic E-state index is 13.4. The Kier molecular flexibility index (Phi) is 5.67. The number of unbranched alkanes of at least 4 members (excludes halogenated alkanes) is 1. The van der Waals surface area contributed by atoms with Gasteiger partial charge in [0.1, 0.15) is 11.6 Å². The van der Waals surface area contributed by atoms with Crippen LogP contribution in [0.1, 0.15) is 39.4 Å². The topological polar surface area (TPSA) is 81.5 Å². The highest BCUT2D eigenvalue weighted by atomic mass is 16.5. The number of rotatable bonds is 7. The number of carbonyl (C=O) groups excluding carboxylic acids is 2. The van der Waals surface area contributed by atoms with Crippen LogP contribution < -0.4 is 10.3 Å². The molecule has 0 spiro atoms. The molecule has 170 valence electrons. The van der Waals surface area contributed by atoms with Gasteiger partial charge in [0.2, 0.25) is 0 Å². The summed E-state index contributed by atoms with van der Waals surface area (Å²) in [6.45, 7) is 0.318. The molecule has 2 heterocycles. The summed E-state index contributed by atoms with van der Waals surface area (Å²) in [5.74, 6) is 0.676. The Labute approximate surface area is 196 Å². The summed E-state index contributed by atoms with van der Waals surface area (Å²) in [5, 5.41) is 0.531. The SMILES string of the molecule is COc1ccccc1-n1c(CCCCN2C(=O)c3ccccc3C2=O)nc2ccccc2c1=O. The predicted octanol–water partition coefficient (Wildman–Crippen LogP) is 4.01. The number of benzene rings is 3. The first-order valence-corrected chi connectivity index (χ1v) is 11.2. The second-order valence-corrected chi connectivity index (χ2v) is 8.12. The maximum absolute atomic E-state index is 13.4. The zero-order valence-electron chi connectivity index (χ0n) is 18.7. The second-order valence-electron chi connectivity index (χ2n) is 8.12. The molecule has 0 saturated carbocycles. The molecule has 0 aliphatic carbocycles. The molecular weight excluding hydrogens is 430 g/mol. The van der Waals surface area contributed by atoms with E-state index in [1.54, 1.807) is 42.0 Å². The molecule has 2 amide bonds. The van der Waals surface area contributed by atoms with Crippen molar-refractivity contribution in [1.82, 2.24) is 14.5 Å². The number of nitrogens with zero attached hydrogens (tertiary/aromatic N) is 3. The number of para-hydroxylation sites is 3. The van der Waals surface area contributed by atoms with E-state index in [4.69, 9.17) is 9.72 Å². The number of methoxy groups -OCH3 is 1. The van der Waals surface area contributed by atoms with Gasteiger partial charge in [-0.3, -0.25) is 23.9 Å². The Morgan fingerprint density at radius 1 is 0.794 bits per heavy atom. The Bertz CT molecular complexity index is 1440. The standard InChI is InChI=1S/C27H23N3O4/c1-34-23-15-7-6-14-22(23)30-24(28-21-13-5-4-12-20(21)27(30)33)16-8-9-17-29-25(31)18-10-2-3-11-19(18)26(29)32/h2-7,10-15H,8-9,16-17H2,1H3. The number of amides is 2. The lowest BCUT2D eigenvalue weighted by Crippen LogP contribution is -2.31. The van der Waals surface area contributed by atoms with Gasteiger partial charge >= 0.3 is 0 Å². The normalized spacial score (nSPS) is 12.9. The van der Waals surface area contributed by atoms with Crippen molar-refractivity contribution < 1.29 is 14.3 Å². The Hall–Kier alpha value is -4.26. The summed E-state index contributed by atoms with van der Waals surface area (Å²) in [4.78, 5) is 44.7. The van der Waals surface area contributed by atoms with E-state index in [9.17, 15) is 14.4 Å². The fourth-order valence-corrected chi connectivity index (χ4v) is 4.40. The summed E-state index contributed by atoms with van der Waals surface area (Å²) in [5.41, 5.74) is 2.01. The van der Waals surface area contributed by atoms with Crippen molar-refractivity contribution in [3.63, 3.8) is 0 Å². The quantitative estimate of drug-likeness (QED) is 0.312. The molecule has 5 rings (SSSR count). The van der Waals surface area contributed by atoms with Gasteiger partial charge in [0.05, 0.1) is 34.8 Å². The van der Waals surface area contributed by atoms with Crippen LogP contribution in [0.2, 0.25) is 0 Å². The molecule has 4 aromatic rings. The number of carbonyl (C=O) groups is 2. The molecule has 1 aliphatic heterocycles. The van der Waals surface area contributed by atoms with Crippen LogP contribution >= 0.6 is 0 Å². The number of hydrogen-bond acceptors (Lipinski definition) is 5. The van der Waals surface area contributed by atoms with Crippen molar-refractivity contribution in [3.05, 3.63) is 100 Å². The van der Waals surface area contributed by atoms with E-state index in [0.29, 0.717) is 65.1 Å². The summed E-state index contributed by atoms with van der Waals surface area (Å²) in [6.07, 6.45) is 1.74. The van der Waals surface area contributed by atoms with Gasteiger partial charge in [-0.1, -0.05) is 36.4 Å².